The van der Waals surface area contributed by atoms with Crippen LogP contribution in [0, 0.1) is 0 Å². The number of para-hydroxylation sites is 1. The molecule has 3 rings (SSSR count). The topological polar surface area (TPSA) is 22.1 Å². The molecule has 1 heterocycles. The lowest BCUT2D eigenvalue weighted by atomic mass is 10.2. The Kier molecular flexibility index (Phi) is 3.77. The van der Waals surface area contributed by atoms with Gasteiger partial charge in [0.2, 0.25) is 0 Å². The molecule has 20 heavy (non-hydrogen) atoms. The molecule has 100 valence electrons. The van der Waals surface area contributed by atoms with E-state index in [1.165, 1.54) is 0 Å². The van der Waals surface area contributed by atoms with Crippen LogP contribution in [0.5, 0.6) is 5.75 Å². The van der Waals surface area contributed by atoms with E-state index in [2.05, 4.69) is 4.98 Å². The van der Waals surface area contributed by atoms with Crippen LogP contribution in [-0.4, -0.2) is 4.98 Å². The van der Waals surface area contributed by atoms with Crippen molar-refractivity contribution in [3.8, 4) is 5.75 Å². The molecule has 0 spiro atoms. The summed E-state index contributed by atoms with van der Waals surface area (Å²) in [7, 11) is 0. The van der Waals surface area contributed by atoms with Gasteiger partial charge < -0.3 is 4.74 Å². The molecule has 0 saturated carbocycles. The minimum absolute atomic E-state index is 0.376. The van der Waals surface area contributed by atoms with Crippen LogP contribution in [0.15, 0.2) is 54.6 Å². The second-order valence-electron chi connectivity index (χ2n) is 4.39. The largest absolute Gasteiger partial charge is 0.487 e. The SMILES string of the molecule is Clc1cc(Cl)cc(OCc2ccc3ccccc3n2)c1. The lowest BCUT2D eigenvalue weighted by molar-refractivity contribution is 0.302. The highest BCUT2D eigenvalue weighted by atomic mass is 35.5. The van der Waals surface area contributed by atoms with Crippen LogP contribution in [0.2, 0.25) is 10.0 Å². The molecule has 0 atom stereocenters. The standard InChI is InChI=1S/C16H11Cl2NO/c17-12-7-13(18)9-15(8-12)20-10-14-6-5-11-3-1-2-4-16(11)19-14/h1-9H,10H2. The molecule has 0 fully saturated rings. The first-order valence-corrected chi connectivity index (χ1v) is 6.90. The predicted molar refractivity (Wildman–Crippen MR) is 82.5 cm³/mol. The number of pyridine rings is 1. The van der Waals surface area contributed by atoms with Gasteiger partial charge in [0.05, 0.1) is 11.2 Å². The zero-order valence-electron chi connectivity index (χ0n) is 10.5. The van der Waals surface area contributed by atoms with Gasteiger partial charge in [-0.05, 0) is 30.3 Å². The first-order chi connectivity index (χ1) is 9.70. The molecule has 1 aromatic heterocycles. The Morgan fingerprint density at radius 3 is 2.45 bits per heavy atom. The van der Waals surface area contributed by atoms with E-state index in [1.54, 1.807) is 18.2 Å². The first kappa shape index (κ1) is 13.2. The molecule has 0 saturated heterocycles. The van der Waals surface area contributed by atoms with E-state index in [1.807, 2.05) is 36.4 Å². The summed E-state index contributed by atoms with van der Waals surface area (Å²) < 4.78 is 5.67. The van der Waals surface area contributed by atoms with Gasteiger partial charge in [0, 0.05) is 15.4 Å². The van der Waals surface area contributed by atoms with E-state index < -0.39 is 0 Å². The zero-order chi connectivity index (χ0) is 13.9. The summed E-state index contributed by atoms with van der Waals surface area (Å²) in [5.74, 6) is 0.637. The summed E-state index contributed by atoms with van der Waals surface area (Å²) in [5.41, 5.74) is 1.82. The number of ether oxygens (including phenoxy) is 1. The summed E-state index contributed by atoms with van der Waals surface area (Å²) in [6.45, 7) is 0.376. The van der Waals surface area contributed by atoms with E-state index in [0.717, 1.165) is 16.6 Å². The van der Waals surface area contributed by atoms with Crippen molar-refractivity contribution in [2.24, 2.45) is 0 Å². The fraction of sp³-hybridized carbons (Fsp3) is 0.0625. The lowest BCUT2D eigenvalue weighted by Crippen LogP contribution is -1.98. The zero-order valence-corrected chi connectivity index (χ0v) is 12.0. The third-order valence-corrected chi connectivity index (χ3v) is 3.32. The smallest absolute Gasteiger partial charge is 0.130 e. The van der Waals surface area contributed by atoms with Crippen LogP contribution in [-0.2, 0) is 6.61 Å². The van der Waals surface area contributed by atoms with E-state index >= 15 is 0 Å². The molecule has 2 nitrogen and oxygen atoms in total. The van der Waals surface area contributed by atoms with E-state index in [9.17, 15) is 0 Å². The molecular weight excluding hydrogens is 293 g/mol. The Bertz CT molecular complexity index is 738. The number of benzene rings is 2. The van der Waals surface area contributed by atoms with Gasteiger partial charge in [0.15, 0.2) is 0 Å². The number of fused-ring (bicyclic) bond motifs is 1. The van der Waals surface area contributed by atoms with Crippen molar-refractivity contribution in [1.82, 2.24) is 4.98 Å². The summed E-state index contributed by atoms with van der Waals surface area (Å²) in [6, 6.07) is 17.1. The van der Waals surface area contributed by atoms with Crippen LogP contribution < -0.4 is 4.74 Å². The minimum atomic E-state index is 0.376. The van der Waals surface area contributed by atoms with Crippen LogP contribution >= 0.6 is 23.2 Å². The molecule has 0 aliphatic rings. The molecule has 4 heteroatoms. The van der Waals surface area contributed by atoms with Gasteiger partial charge >= 0.3 is 0 Å². The molecule has 0 N–H and O–H groups in total. The van der Waals surface area contributed by atoms with Crippen molar-refractivity contribution in [3.05, 3.63) is 70.3 Å². The van der Waals surface area contributed by atoms with Gasteiger partial charge in [-0.3, -0.25) is 0 Å². The van der Waals surface area contributed by atoms with Gasteiger partial charge in [0.1, 0.15) is 12.4 Å². The van der Waals surface area contributed by atoms with Crippen molar-refractivity contribution in [2.45, 2.75) is 6.61 Å². The van der Waals surface area contributed by atoms with E-state index in [0.29, 0.717) is 22.4 Å². The Balaban J connectivity index is 1.79. The highest BCUT2D eigenvalue weighted by Gasteiger charge is 2.02. The van der Waals surface area contributed by atoms with E-state index in [4.69, 9.17) is 27.9 Å². The number of nitrogens with zero attached hydrogens (tertiary/aromatic N) is 1. The number of halogens is 2. The van der Waals surface area contributed by atoms with Crippen molar-refractivity contribution in [3.63, 3.8) is 0 Å². The number of aromatic nitrogens is 1. The summed E-state index contributed by atoms with van der Waals surface area (Å²) in [5, 5.41) is 2.22. The number of hydrogen-bond acceptors (Lipinski definition) is 2. The number of hydrogen-bond donors (Lipinski definition) is 0. The fourth-order valence-corrected chi connectivity index (χ4v) is 2.46. The average molecular weight is 304 g/mol. The molecule has 0 bridgehead atoms. The van der Waals surface area contributed by atoms with Crippen molar-refractivity contribution in [2.75, 3.05) is 0 Å². The Hall–Kier alpha value is -1.77. The molecule has 0 aliphatic heterocycles. The van der Waals surface area contributed by atoms with Crippen molar-refractivity contribution in [1.29, 1.82) is 0 Å². The maximum atomic E-state index is 5.93. The predicted octanol–water partition coefficient (Wildman–Crippen LogP) is 5.12. The average Bonchev–Trinajstić information content (AvgIpc) is 2.44. The van der Waals surface area contributed by atoms with Gasteiger partial charge in [-0.15, -0.1) is 0 Å². The molecule has 0 amide bonds. The fourth-order valence-electron chi connectivity index (χ4n) is 1.96. The Morgan fingerprint density at radius 2 is 1.65 bits per heavy atom. The van der Waals surface area contributed by atoms with Gasteiger partial charge in [-0.2, -0.15) is 0 Å². The summed E-state index contributed by atoms with van der Waals surface area (Å²) >= 11 is 11.9. The molecule has 0 unspecified atom stereocenters. The Morgan fingerprint density at radius 1 is 0.900 bits per heavy atom. The van der Waals surface area contributed by atoms with Crippen molar-refractivity contribution < 1.29 is 4.74 Å². The monoisotopic (exact) mass is 303 g/mol. The molecular formula is C16H11Cl2NO. The molecule has 3 aromatic rings. The highest BCUT2D eigenvalue weighted by Crippen LogP contribution is 2.24. The maximum Gasteiger partial charge on any atom is 0.130 e. The second kappa shape index (κ2) is 5.70. The van der Waals surface area contributed by atoms with Crippen LogP contribution in [0.25, 0.3) is 10.9 Å². The highest BCUT2D eigenvalue weighted by molar-refractivity contribution is 6.34. The molecule has 0 aliphatic carbocycles. The van der Waals surface area contributed by atoms with Crippen LogP contribution in [0.3, 0.4) is 0 Å². The van der Waals surface area contributed by atoms with E-state index in [-0.39, 0.29) is 0 Å². The van der Waals surface area contributed by atoms with Gasteiger partial charge in [-0.25, -0.2) is 4.98 Å². The number of rotatable bonds is 3. The normalized spacial score (nSPS) is 10.7. The quantitative estimate of drug-likeness (QED) is 0.670. The molecule has 0 radical (unpaired) electrons. The van der Waals surface area contributed by atoms with Crippen molar-refractivity contribution >= 4 is 34.1 Å². The maximum absolute atomic E-state index is 5.93. The van der Waals surface area contributed by atoms with Crippen LogP contribution in [0.4, 0.5) is 0 Å². The third kappa shape index (κ3) is 3.03. The summed E-state index contributed by atoms with van der Waals surface area (Å²) in [4.78, 5) is 4.54. The first-order valence-electron chi connectivity index (χ1n) is 6.14. The Labute approximate surface area is 126 Å². The van der Waals surface area contributed by atoms with Gasteiger partial charge in [0.25, 0.3) is 0 Å². The third-order valence-electron chi connectivity index (χ3n) is 2.88. The summed E-state index contributed by atoms with van der Waals surface area (Å²) in [6.07, 6.45) is 0. The molecule has 2 aromatic carbocycles. The minimum Gasteiger partial charge on any atom is -0.487 e. The van der Waals surface area contributed by atoms with Crippen LogP contribution in [0.1, 0.15) is 5.69 Å². The van der Waals surface area contributed by atoms with Gasteiger partial charge in [-0.1, -0.05) is 47.5 Å². The lowest BCUT2D eigenvalue weighted by Gasteiger charge is -2.07. The second-order valence-corrected chi connectivity index (χ2v) is 5.26.